The number of hydrogen-bond acceptors (Lipinski definition) is 4. The standard InChI is InChI=1S/C14H20N2O2/c1-18-13-8-4-5-10(14(13)17)9-16-12-7-3-2-6-11(12)15/h4-5,8-9,11-12,17H,2-3,6-7,15H2,1H3/t11-,12-/m1/s1. The van der Waals surface area contributed by atoms with E-state index in [0.717, 1.165) is 12.8 Å². The summed E-state index contributed by atoms with van der Waals surface area (Å²) in [6, 6.07) is 5.68. The Bertz CT molecular complexity index is 432. The molecule has 0 aromatic heterocycles. The minimum Gasteiger partial charge on any atom is -0.504 e. The van der Waals surface area contributed by atoms with Gasteiger partial charge in [0.1, 0.15) is 0 Å². The number of aliphatic imine (C=N–C) groups is 1. The maximum Gasteiger partial charge on any atom is 0.166 e. The molecule has 0 unspecified atom stereocenters. The Morgan fingerprint density at radius 2 is 2.17 bits per heavy atom. The highest BCUT2D eigenvalue weighted by Crippen LogP contribution is 2.28. The minimum atomic E-state index is 0.133. The number of para-hydroxylation sites is 1. The van der Waals surface area contributed by atoms with E-state index in [1.54, 1.807) is 12.3 Å². The van der Waals surface area contributed by atoms with Crippen LogP contribution in [0.5, 0.6) is 11.5 Å². The molecule has 0 heterocycles. The van der Waals surface area contributed by atoms with E-state index in [1.165, 1.54) is 20.0 Å². The fraction of sp³-hybridized carbons (Fsp3) is 0.500. The second-order valence-electron chi connectivity index (χ2n) is 4.69. The highest BCUT2D eigenvalue weighted by molar-refractivity contribution is 5.84. The Kier molecular flexibility index (Phi) is 4.20. The van der Waals surface area contributed by atoms with E-state index in [0.29, 0.717) is 11.3 Å². The summed E-state index contributed by atoms with van der Waals surface area (Å²) in [6.07, 6.45) is 6.14. The molecule has 1 aliphatic carbocycles. The summed E-state index contributed by atoms with van der Waals surface area (Å²) in [6.45, 7) is 0. The van der Waals surface area contributed by atoms with Crippen LogP contribution < -0.4 is 10.5 Å². The summed E-state index contributed by atoms with van der Waals surface area (Å²) in [5.41, 5.74) is 6.71. The lowest BCUT2D eigenvalue weighted by atomic mass is 9.91. The summed E-state index contributed by atoms with van der Waals surface area (Å²) < 4.78 is 5.06. The number of nitrogens with zero attached hydrogens (tertiary/aromatic N) is 1. The molecule has 0 saturated heterocycles. The number of ether oxygens (including phenoxy) is 1. The first-order valence-corrected chi connectivity index (χ1v) is 6.37. The first-order valence-electron chi connectivity index (χ1n) is 6.37. The summed E-state index contributed by atoms with van der Waals surface area (Å²) in [5.74, 6) is 0.597. The predicted molar refractivity (Wildman–Crippen MR) is 72.5 cm³/mol. The molecule has 0 amide bonds. The fourth-order valence-electron chi connectivity index (χ4n) is 2.31. The third kappa shape index (κ3) is 2.82. The van der Waals surface area contributed by atoms with E-state index in [1.807, 2.05) is 12.1 Å². The van der Waals surface area contributed by atoms with Crippen molar-refractivity contribution in [1.29, 1.82) is 0 Å². The number of phenols is 1. The van der Waals surface area contributed by atoms with Crippen molar-refractivity contribution >= 4 is 6.21 Å². The molecule has 1 aliphatic rings. The van der Waals surface area contributed by atoms with Gasteiger partial charge in [0.2, 0.25) is 0 Å². The third-order valence-corrected chi connectivity index (χ3v) is 3.44. The molecule has 0 bridgehead atoms. The molecule has 18 heavy (non-hydrogen) atoms. The van der Waals surface area contributed by atoms with E-state index >= 15 is 0 Å². The highest BCUT2D eigenvalue weighted by Gasteiger charge is 2.20. The van der Waals surface area contributed by atoms with Gasteiger partial charge in [0.25, 0.3) is 0 Å². The lowest BCUT2D eigenvalue weighted by molar-refractivity contribution is 0.372. The molecule has 1 saturated carbocycles. The Morgan fingerprint density at radius 1 is 1.39 bits per heavy atom. The molecule has 2 rings (SSSR count). The van der Waals surface area contributed by atoms with Crippen LogP contribution in [0.2, 0.25) is 0 Å². The van der Waals surface area contributed by atoms with Crippen molar-refractivity contribution in [3.8, 4) is 11.5 Å². The number of nitrogens with two attached hydrogens (primary N) is 1. The number of methoxy groups -OCH3 is 1. The van der Waals surface area contributed by atoms with E-state index in [-0.39, 0.29) is 17.8 Å². The van der Waals surface area contributed by atoms with Gasteiger partial charge in [-0.25, -0.2) is 0 Å². The maximum absolute atomic E-state index is 9.94. The molecule has 0 radical (unpaired) electrons. The van der Waals surface area contributed by atoms with Crippen molar-refractivity contribution in [3.05, 3.63) is 23.8 Å². The summed E-state index contributed by atoms with van der Waals surface area (Å²) in [4.78, 5) is 4.51. The molecular weight excluding hydrogens is 228 g/mol. The third-order valence-electron chi connectivity index (χ3n) is 3.44. The van der Waals surface area contributed by atoms with Gasteiger partial charge in [0.15, 0.2) is 11.5 Å². The summed E-state index contributed by atoms with van der Waals surface area (Å²) in [7, 11) is 1.53. The van der Waals surface area contributed by atoms with E-state index in [4.69, 9.17) is 10.5 Å². The van der Waals surface area contributed by atoms with Crippen molar-refractivity contribution in [1.82, 2.24) is 0 Å². The molecule has 1 aromatic rings. The smallest absolute Gasteiger partial charge is 0.166 e. The molecule has 3 N–H and O–H groups in total. The normalized spacial score (nSPS) is 24.3. The molecule has 1 fully saturated rings. The number of benzene rings is 1. The van der Waals surface area contributed by atoms with Gasteiger partial charge in [-0.15, -0.1) is 0 Å². The molecule has 4 heteroatoms. The Hall–Kier alpha value is -1.55. The average Bonchev–Trinajstić information content (AvgIpc) is 2.39. The van der Waals surface area contributed by atoms with Crippen molar-refractivity contribution in [2.45, 2.75) is 37.8 Å². The van der Waals surface area contributed by atoms with Crippen LogP contribution in [-0.4, -0.2) is 30.5 Å². The summed E-state index contributed by atoms with van der Waals surface area (Å²) in [5, 5.41) is 9.94. The van der Waals surface area contributed by atoms with Crippen LogP contribution in [0, 0.1) is 0 Å². The zero-order chi connectivity index (χ0) is 13.0. The SMILES string of the molecule is COc1cccc(C=N[C@@H]2CCCC[C@H]2N)c1O. The van der Waals surface area contributed by atoms with E-state index in [2.05, 4.69) is 4.99 Å². The van der Waals surface area contributed by atoms with Gasteiger partial charge >= 0.3 is 0 Å². The molecular formula is C14H20N2O2. The van der Waals surface area contributed by atoms with E-state index < -0.39 is 0 Å². The Morgan fingerprint density at radius 3 is 2.89 bits per heavy atom. The van der Waals surface area contributed by atoms with E-state index in [9.17, 15) is 5.11 Å². The average molecular weight is 248 g/mol. The monoisotopic (exact) mass is 248 g/mol. The van der Waals surface area contributed by atoms with Crippen LogP contribution in [0.1, 0.15) is 31.2 Å². The van der Waals surface area contributed by atoms with Crippen LogP contribution >= 0.6 is 0 Å². The van der Waals surface area contributed by atoms with Crippen molar-refractivity contribution < 1.29 is 9.84 Å². The van der Waals surface area contributed by atoms with Crippen LogP contribution in [0.4, 0.5) is 0 Å². The van der Waals surface area contributed by atoms with Crippen LogP contribution in [0.15, 0.2) is 23.2 Å². The van der Waals surface area contributed by atoms with Gasteiger partial charge in [-0.3, -0.25) is 4.99 Å². The molecule has 4 nitrogen and oxygen atoms in total. The van der Waals surface area contributed by atoms with Gasteiger partial charge in [-0.2, -0.15) is 0 Å². The van der Waals surface area contributed by atoms with Crippen LogP contribution in [-0.2, 0) is 0 Å². The lowest BCUT2D eigenvalue weighted by Crippen LogP contribution is -2.36. The number of hydrogen-bond donors (Lipinski definition) is 2. The van der Waals surface area contributed by atoms with Gasteiger partial charge in [0, 0.05) is 17.8 Å². The Balaban J connectivity index is 2.13. The molecule has 2 atom stereocenters. The number of rotatable bonds is 3. The zero-order valence-corrected chi connectivity index (χ0v) is 10.7. The zero-order valence-electron chi connectivity index (χ0n) is 10.7. The first-order chi connectivity index (χ1) is 8.72. The minimum absolute atomic E-state index is 0.133. The molecule has 0 spiro atoms. The first kappa shape index (κ1) is 12.9. The number of phenolic OH excluding ortho intramolecular Hbond substituents is 1. The Labute approximate surface area is 107 Å². The molecule has 0 aliphatic heterocycles. The predicted octanol–water partition coefficient (Wildman–Crippen LogP) is 2.09. The van der Waals surface area contributed by atoms with Crippen molar-refractivity contribution in [3.63, 3.8) is 0 Å². The second-order valence-corrected chi connectivity index (χ2v) is 4.69. The van der Waals surface area contributed by atoms with Crippen LogP contribution in [0.25, 0.3) is 0 Å². The maximum atomic E-state index is 9.94. The summed E-state index contributed by atoms with van der Waals surface area (Å²) >= 11 is 0. The van der Waals surface area contributed by atoms with Gasteiger partial charge in [-0.1, -0.05) is 18.9 Å². The topological polar surface area (TPSA) is 67.8 Å². The molecule has 1 aromatic carbocycles. The quantitative estimate of drug-likeness (QED) is 0.805. The van der Waals surface area contributed by atoms with Gasteiger partial charge < -0.3 is 15.6 Å². The van der Waals surface area contributed by atoms with Crippen LogP contribution in [0.3, 0.4) is 0 Å². The largest absolute Gasteiger partial charge is 0.504 e. The fourth-order valence-corrected chi connectivity index (χ4v) is 2.31. The molecule has 98 valence electrons. The number of aromatic hydroxyl groups is 1. The lowest BCUT2D eigenvalue weighted by Gasteiger charge is -2.25. The van der Waals surface area contributed by atoms with Gasteiger partial charge in [-0.05, 0) is 25.0 Å². The van der Waals surface area contributed by atoms with Gasteiger partial charge in [0.05, 0.1) is 13.2 Å². The van der Waals surface area contributed by atoms with Crippen molar-refractivity contribution in [2.24, 2.45) is 10.7 Å². The highest BCUT2D eigenvalue weighted by atomic mass is 16.5. The van der Waals surface area contributed by atoms with Crippen molar-refractivity contribution in [2.75, 3.05) is 7.11 Å². The second kappa shape index (κ2) is 5.87.